The Labute approximate surface area is 114 Å². The summed E-state index contributed by atoms with van der Waals surface area (Å²) in [6.45, 7) is 0.886. The van der Waals surface area contributed by atoms with Gasteiger partial charge in [0.05, 0.1) is 12.2 Å². The highest BCUT2D eigenvalue weighted by atomic mass is 16.3. The Balaban J connectivity index is 1.67. The van der Waals surface area contributed by atoms with E-state index in [-0.39, 0.29) is 18.2 Å². The molecular formula is C16H23NO2. The summed E-state index contributed by atoms with van der Waals surface area (Å²) in [5.41, 5.74) is 2.34. The smallest absolute Gasteiger partial charge is 0.0950 e. The van der Waals surface area contributed by atoms with Gasteiger partial charge in [0.25, 0.3) is 0 Å². The van der Waals surface area contributed by atoms with Gasteiger partial charge < -0.3 is 10.2 Å². The average molecular weight is 261 g/mol. The molecule has 1 aromatic carbocycles. The fourth-order valence-corrected chi connectivity index (χ4v) is 3.69. The van der Waals surface area contributed by atoms with Gasteiger partial charge in [0.2, 0.25) is 0 Å². The lowest BCUT2D eigenvalue weighted by Gasteiger charge is -2.30. The van der Waals surface area contributed by atoms with Crippen molar-refractivity contribution in [2.45, 2.75) is 43.9 Å². The Morgan fingerprint density at radius 3 is 2.68 bits per heavy atom. The highest BCUT2D eigenvalue weighted by Crippen LogP contribution is 2.35. The normalized spacial score (nSPS) is 33.9. The van der Waals surface area contributed by atoms with Crippen LogP contribution in [-0.2, 0) is 6.42 Å². The van der Waals surface area contributed by atoms with Gasteiger partial charge in [-0.15, -0.1) is 0 Å². The molecule has 3 rings (SSSR count). The number of aliphatic hydroxyl groups excluding tert-OH is 2. The first-order chi connectivity index (χ1) is 9.16. The molecule has 0 radical (unpaired) electrons. The van der Waals surface area contributed by atoms with Crippen molar-refractivity contribution < 1.29 is 10.2 Å². The number of rotatable bonds is 3. The first kappa shape index (κ1) is 13.1. The molecular weight excluding hydrogens is 238 g/mol. The molecule has 4 unspecified atom stereocenters. The number of hydrogen-bond donors (Lipinski definition) is 2. The van der Waals surface area contributed by atoms with Gasteiger partial charge in [-0.2, -0.15) is 0 Å². The molecule has 2 N–H and O–H groups in total. The summed E-state index contributed by atoms with van der Waals surface area (Å²) in [7, 11) is 2.07. The minimum absolute atomic E-state index is 0.150. The first-order valence-electron chi connectivity index (χ1n) is 7.31. The van der Waals surface area contributed by atoms with Gasteiger partial charge >= 0.3 is 0 Å². The van der Waals surface area contributed by atoms with Gasteiger partial charge in [-0.3, -0.25) is 4.90 Å². The van der Waals surface area contributed by atoms with Crippen LogP contribution in [0.25, 0.3) is 0 Å². The zero-order valence-electron chi connectivity index (χ0n) is 11.5. The van der Waals surface area contributed by atoms with Crippen LogP contribution in [0.2, 0.25) is 0 Å². The SMILES string of the molecule is CN(CC1CCCC1O)C1Cc2ccccc2C1O. The van der Waals surface area contributed by atoms with Crippen LogP contribution in [0.15, 0.2) is 24.3 Å². The minimum atomic E-state index is -0.389. The largest absolute Gasteiger partial charge is 0.393 e. The summed E-state index contributed by atoms with van der Waals surface area (Å²) < 4.78 is 0. The van der Waals surface area contributed by atoms with Gasteiger partial charge in [0, 0.05) is 12.6 Å². The quantitative estimate of drug-likeness (QED) is 0.871. The molecule has 1 aromatic rings. The Hall–Kier alpha value is -0.900. The molecule has 0 heterocycles. The zero-order valence-corrected chi connectivity index (χ0v) is 11.5. The molecule has 104 valence electrons. The number of benzene rings is 1. The molecule has 2 aliphatic carbocycles. The second kappa shape index (κ2) is 5.23. The van der Waals surface area contributed by atoms with Gasteiger partial charge in [-0.1, -0.05) is 30.7 Å². The number of aliphatic hydroxyl groups is 2. The molecule has 1 fully saturated rings. The standard InChI is InChI=1S/C16H23NO2/c1-17(10-12-6-4-8-15(12)18)14-9-11-5-2-3-7-13(11)16(14)19/h2-3,5,7,12,14-16,18-19H,4,6,8-10H2,1H3. The van der Waals surface area contributed by atoms with E-state index < -0.39 is 0 Å². The summed E-state index contributed by atoms with van der Waals surface area (Å²) in [5.74, 6) is 0.376. The first-order valence-corrected chi connectivity index (χ1v) is 7.31. The zero-order chi connectivity index (χ0) is 13.4. The fourth-order valence-electron chi connectivity index (χ4n) is 3.69. The Kier molecular flexibility index (Phi) is 3.61. The van der Waals surface area contributed by atoms with Crippen LogP contribution in [0.5, 0.6) is 0 Å². The van der Waals surface area contributed by atoms with Crippen molar-refractivity contribution in [3.05, 3.63) is 35.4 Å². The van der Waals surface area contributed by atoms with Crippen LogP contribution >= 0.6 is 0 Å². The van der Waals surface area contributed by atoms with Crippen LogP contribution in [0.4, 0.5) is 0 Å². The van der Waals surface area contributed by atoms with Gasteiger partial charge in [0.1, 0.15) is 0 Å². The Morgan fingerprint density at radius 2 is 2.00 bits per heavy atom. The molecule has 0 amide bonds. The molecule has 19 heavy (non-hydrogen) atoms. The lowest BCUT2D eigenvalue weighted by Crippen LogP contribution is -2.39. The van der Waals surface area contributed by atoms with E-state index in [0.717, 1.165) is 37.8 Å². The molecule has 0 aliphatic heterocycles. The van der Waals surface area contributed by atoms with Gasteiger partial charge in [-0.05, 0) is 43.4 Å². The number of fused-ring (bicyclic) bond motifs is 1. The predicted molar refractivity (Wildman–Crippen MR) is 74.9 cm³/mol. The van der Waals surface area contributed by atoms with Crippen molar-refractivity contribution in [1.29, 1.82) is 0 Å². The van der Waals surface area contributed by atoms with Gasteiger partial charge in [0.15, 0.2) is 0 Å². The summed E-state index contributed by atoms with van der Waals surface area (Å²) in [4.78, 5) is 2.24. The third-order valence-electron chi connectivity index (χ3n) is 4.87. The number of nitrogens with zero attached hydrogens (tertiary/aromatic N) is 1. The van der Waals surface area contributed by atoms with Crippen LogP contribution in [0.1, 0.15) is 36.5 Å². The summed E-state index contributed by atoms with van der Waals surface area (Å²) in [6.07, 6.45) is 3.56. The van der Waals surface area contributed by atoms with Crippen molar-refractivity contribution >= 4 is 0 Å². The molecule has 0 saturated heterocycles. The highest BCUT2D eigenvalue weighted by molar-refractivity contribution is 5.35. The van der Waals surface area contributed by atoms with Crippen LogP contribution < -0.4 is 0 Å². The summed E-state index contributed by atoms with van der Waals surface area (Å²) in [5, 5.41) is 20.4. The Bertz CT molecular complexity index is 448. The number of likely N-dealkylation sites (N-methyl/N-ethyl adjacent to an activating group) is 1. The lowest BCUT2D eigenvalue weighted by atomic mass is 10.0. The van der Waals surface area contributed by atoms with E-state index in [1.807, 2.05) is 18.2 Å². The molecule has 4 atom stereocenters. The van der Waals surface area contributed by atoms with E-state index in [0.29, 0.717) is 5.92 Å². The summed E-state index contributed by atoms with van der Waals surface area (Å²) >= 11 is 0. The number of hydrogen-bond acceptors (Lipinski definition) is 3. The predicted octanol–water partition coefficient (Wildman–Crippen LogP) is 1.74. The van der Waals surface area contributed by atoms with E-state index in [4.69, 9.17) is 0 Å². The molecule has 0 spiro atoms. The van der Waals surface area contributed by atoms with Crippen molar-refractivity contribution in [1.82, 2.24) is 4.90 Å². The van der Waals surface area contributed by atoms with Crippen molar-refractivity contribution in [2.24, 2.45) is 5.92 Å². The fraction of sp³-hybridized carbons (Fsp3) is 0.625. The average Bonchev–Trinajstić information content (AvgIpc) is 2.95. The van der Waals surface area contributed by atoms with Crippen LogP contribution in [0.3, 0.4) is 0 Å². The van der Waals surface area contributed by atoms with E-state index >= 15 is 0 Å². The van der Waals surface area contributed by atoms with Crippen LogP contribution in [0, 0.1) is 5.92 Å². The molecule has 0 bridgehead atoms. The Morgan fingerprint density at radius 1 is 1.21 bits per heavy atom. The van der Waals surface area contributed by atoms with Crippen LogP contribution in [-0.4, -0.2) is 40.9 Å². The molecule has 3 nitrogen and oxygen atoms in total. The maximum absolute atomic E-state index is 10.4. The minimum Gasteiger partial charge on any atom is -0.393 e. The van der Waals surface area contributed by atoms with E-state index in [2.05, 4.69) is 18.0 Å². The molecule has 1 saturated carbocycles. The van der Waals surface area contributed by atoms with E-state index in [9.17, 15) is 10.2 Å². The van der Waals surface area contributed by atoms with Gasteiger partial charge in [-0.25, -0.2) is 0 Å². The summed E-state index contributed by atoms with van der Waals surface area (Å²) in [6, 6.07) is 8.32. The highest BCUT2D eigenvalue weighted by Gasteiger charge is 2.35. The topological polar surface area (TPSA) is 43.7 Å². The van der Waals surface area contributed by atoms with E-state index in [1.54, 1.807) is 0 Å². The second-order valence-electron chi connectivity index (χ2n) is 6.11. The monoisotopic (exact) mass is 261 g/mol. The van der Waals surface area contributed by atoms with Crippen molar-refractivity contribution in [3.8, 4) is 0 Å². The second-order valence-corrected chi connectivity index (χ2v) is 6.11. The molecule has 2 aliphatic rings. The molecule has 0 aromatic heterocycles. The molecule has 3 heteroatoms. The maximum atomic E-state index is 10.4. The third kappa shape index (κ3) is 2.42. The third-order valence-corrected chi connectivity index (χ3v) is 4.87. The lowest BCUT2D eigenvalue weighted by molar-refractivity contribution is 0.0467. The van der Waals surface area contributed by atoms with Crippen molar-refractivity contribution in [3.63, 3.8) is 0 Å². The maximum Gasteiger partial charge on any atom is 0.0950 e. The van der Waals surface area contributed by atoms with Crippen molar-refractivity contribution in [2.75, 3.05) is 13.6 Å². The van der Waals surface area contributed by atoms with E-state index in [1.165, 1.54) is 5.56 Å².